The van der Waals surface area contributed by atoms with Gasteiger partial charge in [-0.05, 0) is 55.9 Å². The monoisotopic (exact) mass is 314 g/mol. The number of amides is 2. The summed E-state index contributed by atoms with van der Waals surface area (Å²) < 4.78 is 0. The number of hydrogen-bond acceptors (Lipinski definition) is 3. The minimum atomic E-state index is -0.422. The van der Waals surface area contributed by atoms with Gasteiger partial charge < -0.3 is 5.32 Å². The van der Waals surface area contributed by atoms with Crippen molar-refractivity contribution in [2.75, 3.05) is 13.1 Å². The fourth-order valence-corrected chi connectivity index (χ4v) is 3.59. The van der Waals surface area contributed by atoms with E-state index < -0.39 is 5.91 Å². The largest absolute Gasteiger partial charge is 0.356 e. The van der Waals surface area contributed by atoms with Crippen LogP contribution in [0.2, 0.25) is 0 Å². The summed E-state index contributed by atoms with van der Waals surface area (Å²) in [6.07, 6.45) is 3.22. The van der Waals surface area contributed by atoms with Crippen molar-refractivity contribution in [1.82, 2.24) is 10.4 Å². The van der Waals surface area contributed by atoms with Crippen LogP contribution >= 0.6 is 0 Å². The molecule has 1 aromatic rings. The molecule has 1 aliphatic heterocycles. The van der Waals surface area contributed by atoms with Crippen molar-refractivity contribution in [2.24, 2.45) is 5.41 Å². The molecule has 0 bridgehead atoms. The molecule has 5 heteroatoms. The topological polar surface area (TPSA) is 69.6 Å². The van der Waals surface area contributed by atoms with E-state index in [-0.39, 0.29) is 17.9 Å². The van der Waals surface area contributed by atoms with Crippen LogP contribution in [0.15, 0.2) is 30.4 Å². The molecule has 2 amide bonds. The maximum Gasteiger partial charge on any atom is 0.277 e. The van der Waals surface area contributed by atoms with E-state index in [9.17, 15) is 14.8 Å². The van der Waals surface area contributed by atoms with Crippen molar-refractivity contribution < 1.29 is 14.8 Å². The molecule has 1 atom stereocenters. The quantitative estimate of drug-likeness (QED) is 0.510. The Morgan fingerprint density at radius 2 is 2.17 bits per heavy atom. The fourth-order valence-electron chi connectivity index (χ4n) is 3.59. The number of nitrogens with zero attached hydrogens (tertiary/aromatic N) is 1. The second kappa shape index (κ2) is 5.81. The number of aryl methyl sites for hydroxylation is 1. The second-order valence-corrected chi connectivity index (χ2v) is 6.77. The average Bonchev–Trinajstić information content (AvgIpc) is 2.86. The van der Waals surface area contributed by atoms with E-state index in [4.69, 9.17) is 0 Å². The third kappa shape index (κ3) is 2.88. The maximum atomic E-state index is 12.2. The Kier molecular flexibility index (Phi) is 3.98. The van der Waals surface area contributed by atoms with Gasteiger partial charge in [0.2, 0.25) is 5.91 Å². The Balaban J connectivity index is 1.80. The van der Waals surface area contributed by atoms with Gasteiger partial charge in [0.1, 0.15) is 0 Å². The SMILES string of the molecule is C=C(C)CN(O)C(=O)c1ccc2c(c1)CC[C@]1(CCNC1=O)C2. The van der Waals surface area contributed by atoms with Gasteiger partial charge in [-0.3, -0.25) is 14.8 Å². The molecule has 5 nitrogen and oxygen atoms in total. The zero-order chi connectivity index (χ0) is 16.6. The molecule has 1 heterocycles. The van der Waals surface area contributed by atoms with Crippen LogP contribution in [-0.2, 0) is 17.6 Å². The Labute approximate surface area is 135 Å². The highest BCUT2D eigenvalue weighted by Crippen LogP contribution is 2.41. The molecule has 0 radical (unpaired) electrons. The van der Waals surface area contributed by atoms with E-state index in [0.29, 0.717) is 16.2 Å². The van der Waals surface area contributed by atoms with Crippen LogP contribution in [-0.4, -0.2) is 35.2 Å². The highest BCUT2D eigenvalue weighted by atomic mass is 16.5. The number of rotatable bonds is 3. The maximum absolute atomic E-state index is 12.2. The van der Waals surface area contributed by atoms with Gasteiger partial charge in [0.05, 0.1) is 12.0 Å². The first-order valence-corrected chi connectivity index (χ1v) is 7.96. The van der Waals surface area contributed by atoms with Crippen LogP contribution in [0.5, 0.6) is 0 Å². The summed E-state index contributed by atoms with van der Waals surface area (Å²) >= 11 is 0. The first-order chi connectivity index (χ1) is 10.9. The van der Waals surface area contributed by atoms with Crippen LogP contribution in [0.3, 0.4) is 0 Å². The van der Waals surface area contributed by atoms with Gasteiger partial charge in [-0.15, -0.1) is 0 Å². The predicted octanol–water partition coefficient (Wildman–Crippen LogP) is 2.09. The van der Waals surface area contributed by atoms with E-state index in [1.807, 2.05) is 12.1 Å². The van der Waals surface area contributed by atoms with Crippen LogP contribution in [0.1, 0.15) is 41.3 Å². The Morgan fingerprint density at radius 3 is 2.83 bits per heavy atom. The highest BCUT2D eigenvalue weighted by Gasteiger charge is 2.44. The average molecular weight is 314 g/mol. The lowest BCUT2D eigenvalue weighted by Gasteiger charge is -2.32. The first-order valence-electron chi connectivity index (χ1n) is 7.96. The van der Waals surface area contributed by atoms with Crippen LogP contribution < -0.4 is 5.32 Å². The van der Waals surface area contributed by atoms with E-state index in [0.717, 1.165) is 43.4 Å². The number of carbonyl (C=O) groups excluding carboxylic acids is 2. The molecule has 1 aliphatic carbocycles. The summed E-state index contributed by atoms with van der Waals surface area (Å²) in [6.45, 7) is 6.34. The minimum Gasteiger partial charge on any atom is -0.356 e. The zero-order valence-electron chi connectivity index (χ0n) is 13.4. The standard InChI is InChI=1S/C18H22N2O3/c1-12(2)11-20(23)16(21)14-3-4-15-10-18(6-5-13(15)9-14)7-8-19-17(18)22/h3-4,9,23H,1,5-8,10-11H2,2H3,(H,19,22)/t18-/m0/s1. The molecule has 1 fully saturated rings. The lowest BCUT2D eigenvalue weighted by Crippen LogP contribution is -2.36. The number of hydroxylamine groups is 2. The van der Waals surface area contributed by atoms with Crippen molar-refractivity contribution in [3.05, 3.63) is 47.0 Å². The van der Waals surface area contributed by atoms with Gasteiger partial charge in [-0.25, -0.2) is 5.06 Å². The normalized spacial score (nSPS) is 22.6. The third-order valence-corrected chi connectivity index (χ3v) is 4.88. The molecule has 1 saturated heterocycles. The van der Waals surface area contributed by atoms with E-state index in [1.165, 1.54) is 0 Å². The van der Waals surface area contributed by atoms with Gasteiger partial charge in [0.25, 0.3) is 5.91 Å². The first kappa shape index (κ1) is 15.7. The fraction of sp³-hybridized carbons (Fsp3) is 0.444. The summed E-state index contributed by atoms with van der Waals surface area (Å²) in [5.41, 5.74) is 3.16. The summed E-state index contributed by atoms with van der Waals surface area (Å²) in [7, 11) is 0. The second-order valence-electron chi connectivity index (χ2n) is 6.77. The molecule has 1 aromatic carbocycles. The summed E-state index contributed by atoms with van der Waals surface area (Å²) in [5.74, 6) is -0.263. The Morgan fingerprint density at radius 1 is 1.39 bits per heavy atom. The van der Waals surface area contributed by atoms with E-state index in [2.05, 4.69) is 11.9 Å². The molecule has 0 unspecified atom stereocenters. The number of hydrogen-bond donors (Lipinski definition) is 2. The molecule has 2 aliphatic rings. The molecule has 122 valence electrons. The predicted molar refractivity (Wildman–Crippen MR) is 86.2 cm³/mol. The number of benzene rings is 1. The Bertz CT molecular complexity index is 683. The lowest BCUT2D eigenvalue weighted by atomic mass is 9.70. The third-order valence-electron chi connectivity index (χ3n) is 4.88. The van der Waals surface area contributed by atoms with Crippen molar-refractivity contribution in [3.8, 4) is 0 Å². The molecule has 0 aromatic heterocycles. The number of carbonyl (C=O) groups is 2. The van der Waals surface area contributed by atoms with Crippen molar-refractivity contribution in [3.63, 3.8) is 0 Å². The molecular formula is C18H22N2O3. The highest BCUT2D eigenvalue weighted by molar-refractivity contribution is 5.94. The van der Waals surface area contributed by atoms with Crippen molar-refractivity contribution in [2.45, 2.75) is 32.6 Å². The number of nitrogens with one attached hydrogen (secondary N) is 1. The van der Waals surface area contributed by atoms with Gasteiger partial charge in [0.15, 0.2) is 0 Å². The lowest BCUT2D eigenvalue weighted by molar-refractivity contribution is -0.128. The molecule has 23 heavy (non-hydrogen) atoms. The van der Waals surface area contributed by atoms with Crippen LogP contribution in [0.4, 0.5) is 0 Å². The van der Waals surface area contributed by atoms with E-state index in [1.54, 1.807) is 13.0 Å². The molecule has 2 N–H and O–H groups in total. The summed E-state index contributed by atoms with van der Waals surface area (Å²) in [4.78, 5) is 24.4. The van der Waals surface area contributed by atoms with Gasteiger partial charge in [0, 0.05) is 12.1 Å². The minimum absolute atomic E-state index is 0.124. The summed E-state index contributed by atoms with van der Waals surface area (Å²) in [6, 6.07) is 5.50. The van der Waals surface area contributed by atoms with Crippen LogP contribution in [0, 0.1) is 5.41 Å². The molecule has 0 saturated carbocycles. The van der Waals surface area contributed by atoms with E-state index >= 15 is 0 Å². The molecular weight excluding hydrogens is 292 g/mol. The summed E-state index contributed by atoms with van der Waals surface area (Å²) in [5, 5.41) is 13.4. The number of fused-ring (bicyclic) bond motifs is 1. The van der Waals surface area contributed by atoms with Gasteiger partial charge in [-0.1, -0.05) is 18.2 Å². The zero-order valence-corrected chi connectivity index (χ0v) is 13.4. The smallest absolute Gasteiger partial charge is 0.277 e. The molecule has 3 rings (SSSR count). The van der Waals surface area contributed by atoms with Gasteiger partial charge in [-0.2, -0.15) is 0 Å². The van der Waals surface area contributed by atoms with Crippen molar-refractivity contribution >= 4 is 11.8 Å². The van der Waals surface area contributed by atoms with Gasteiger partial charge >= 0.3 is 0 Å². The molecule has 1 spiro atoms. The van der Waals surface area contributed by atoms with Crippen LogP contribution in [0.25, 0.3) is 0 Å². The Hall–Kier alpha value is -2.14. The van der Waals surface area contributed by atoms with Crippen molar-refractivity contribution in [1.29, 1.82) is 0 Å².